The molecule has 0 aliphatic carbocycles. The number of nitrogens with two attached hydrogens (primary N) is 3. The zero-order valence-electron chi connectivity index (χ0n) is 16.4. The molecular weight excluding hydrogens is 396 g/mol. The van der Waals surface area contributed by atoms with Crippen LogP contribution in [0.3, 0.4) is 0 Å². The third-order valence-corrected chi connectivity index (χ3v) is 4.49. The summed E-state index contributed by atoms with van der Waals surface area (Å²) in [6, 6.07) is -0.0702. The zero-order valence-corrected chi connectivity index (χ0v) is 16.4. The third kappa shape index (κ3) is 6.02. The number of amides is 1. The SMILES string of the molecule is CN(CC[C@@H](N)CC(=O)N[C@H]1C=C[C@H](n2ccc(N)nc2=O)OC1C(=O)O)C(=N)N. The molecule has 0 spiro atoms. The smallest absolute Gasteiger partial charge is 0.351 e. The second kappa shape index (κ2) is 9.84. The molecule has 2 heterocycles. The van der Waals surface area contributed by atoms with E-state index in [0.29, 0.717) is 13.0 Å². The molecule has 1 aliphatic rings. The summed E-state index contributed by atoms with van der Waals surface area (Å²) in [5.74, 6) is -1.84. The summed E-state index contributed by atoms with van der Waals surface area (Å²) < 4.78 is 6.57. The number of ether oxygens (including phenoxy) is 1. The minimum absolute atomic E-state index is 0.0294. The number of rotatable bonds is 8. The van der Waals surface area contributed by atoms with Crippen LogP contribution in [-0.4, -0.2) is 69.2 Å². The number of hydrogen-bond donors (Lipinski definition) is 6. The first-order valence-electron chi connectivity index (χ1n) is 9.10. The Kier molecular flexibility index (Phi) is 7.49. The number of anilines is 1. The van der Waals surface area contributed by atoms with Crippen molar-refractivity contribution in [3.63, 3.8) is 0 Å². The van der Waals surface area contributed by atoms with E-state index in [9.17, 15) is 19.5 Å². The lowest BCUT2D eigenvalue weighted by molar-refractivity contribution is -0.159. The van der Waals surface area contributed by atoms with Crippen LogP contribution >= 0.6 is 0 Å². The highest BCUT2D eigenvalue weighted by Gasteiger charge is 2.35. The molecule has 9 N–H and O–H groups in total. The number of aromatic nitrogens is 2. The highest BCUT2D eigenvalue weighted by atomic mass is 16.5. The first kappa shape index (κ1) is 22.8. The Hall–Kier alpha value is -3.45. The standard InChI is InChI=1S/C17H26N8O5/c1-24(16(20)21)6-4-9(18)8-12(26)22-10-2-3-13(30-14(10)15(27)28)25-7-5-11(19)23-17(25)29/h2-3,5,7,9-10,13-14H,4,6,8,18H2,1H3,(H3,20,21)(H,22,26)(H,27,28)(H2,19,23,29)/t9-,10+,13-,14?/m1/s1. The number of nitrogen functional groups attached to an aromatic ring is 1. The molecule has 1 aromatic heterocycles. The van der Waals surface area contributed by atoms with Crippen LogP contribution in [0.2, 0.25) is 0 Å². The van der Waals surface area contributed by atoms with Crippen molar-refractivity contribution in [3.05, 3.63) is 34.9 Å². The van der Waals surface area contributed by atoms with Crippen molar-refractivity contribution < 1.29 is 19.4 Å². The molecule has 4 atom stereocenters. The Bertz CT molecular complexity index is 885. The maximum atomic E-state index is 12.3. The van der Waals surface area contributed by atoms with Gasteiger partial charge in [-0.2, -0.15) is 4.98 Å². The molecule has 2 rings (SSSR count). The number of carboxylic acid groups (broad SMARTS) is 1. The first-order valence-corrected chi connectivity index (χ1v) is 9.10. The number of aliphatic carboxylic acids is 1. The fourth-order valence-corrected chi connectivity index (χ4v) is 2.77. The fourth-order valence-electron chi connectivity index (χ4n) is 2.77. The van der Waals surface area contributed by atoms with Crippen LogP contribution in [0.4, 0.5) is 5.82 Å². The van der Waals surface area contributed by atoms with Crippen LogP contribution in [0.15, 0.2) is 29.2 Å². The quantitative estimate of drug-likeness (QED) is 0.151. The van der Waals surface area contributed by atoms with E-state index in [1.54, 1.807) is 7.05 Å². The molecule has 13 heteroatoms. The van der Waals surface area contributed by atoms with Gasteiger partial charge in [-0.1, -0.05) is 6.08 Å². The van der Waals surface area contributed by atoms with Crippen molar-refractivity contribution in [1.29, 1.82) is 5.41 Å². The van der Waals surface area contributed by atoms with Crippen LogP contribution in [0.25, 0.3) is 0 Å². The van der Waals surface area contributed by atoms with Crippen molar-refractivity contribution in [2.45, 2.75) is 37.3 Å². The molecule has 0 saturated carbocycles. The summed E-state index contributed by atoms with van der Waals surface area (Å²) in [5, 5.41) is 19.4. The van der Waals surface area contributed by atoms with E-state index in [-0.39, 0.29) is 18.2 Å². The van der Waals surface area contributed by atoms with Crippen LogP contribution < -0.4 is 28.2 Å². The Balaban J connectivity index is 2.01. The molecule has 1 aliphatic heterocycles. The first-order chi connectivity index (χ1) is 14.1. The number of carbonyl (C=O) groups excluding carboxylic acids is 1. The zero-order chi connectivity index (χ0) is 22.4. The van der Waals surface area contributed by atoms with Gasteiger partial charge in [0.1, 0.15) is 5.82 Å². The van der Waals surface area contributed by atoms with Gasteiger partial charge in [-0.3, -0.25) is 14.8 Å². The number of guanidine groups is 1. The average molecular weight is 422 g/mol. The van der Waals surface area contributed by atoms with Crippen molar-refractivity contribution in [2.75, 3.05) is 19.3 Å². The number of nitrogens with zero attached hydrogens (tertiary/aromatic N) is 3. The number of carboxylic acids is 1. The Labute approximate surface area is 172 Å². The van der Waals surface area contributed by atoms with Gasteiger partial charge in [-0.25, -0.2) is 9.59 Å². The lowest BCUT2D eigenvalue weighted by atomic mass is 10.1. The second-order valence-corrected chi connectivity index (χ2v) is 6.87. The normalized spacial score (nSPS) is 21.6. The molecule has 0 radical (unpaired) electrons. The monoisotopic (exact) mass is 422 g/mol. The lowest BCUT2D eigenvalue weighted by Gasteiger charge is -2.31. The highest BCUT2D eigenvalue weighted by molar-refractivity contribution is 5.80. The molecule has 1 aromatic rings. The van der Waals surface area contributed by atoms with Gasteiger partial charge in [-0.05, 0) is 18.6 Å². The average Bonchev–Trinajstić information content (AvgIpc) is 2.66. The van der Waals surface area contributed by atoms with Crippen LogP contribution in [0, 0.1) is 5.41 Å². The summed E-state index contributed by atoms with van der Waals surface area (Å²) in [7, 11) is 1.63. The van der Waals surface area contributed by atoms with E-state index in [1.807, 2.05) is 0 Å². The van der Waals surface area contributed by atoms with Crippen LogP contribution in [0.1, 0.15) is 19.1 Å². The van der Waals surface area contributed by atoms with E-state index in [2.05, 4.69) is 10.3 Å². The Morgan fingerprint density at radius 3 is 2.77 bits per heavy atom. The van der Waals surface area contributed by atoms with E-state index < -0.39 is 42.0 Å². The van der Waals surface area contributed by atoms with Gasteiger partial charge in [0, 0.05) is 32.3 Å². The second-order valence-electron chi connectivity index (χ2n) is 6.87. The highest BCUT2D eigenvalue weighted by Crippen LogP contribution is 2.20. The van der Waals surface area contributed by atoms with E-state index in [0.717, 1.165) is 4.57 Å². The molecule has 0 fully saturated rings. The van der Waals surface area contributed by atoms with Gasteiger partial charge >= 0.3 is 11.7 Å². The summed E-state index contributed by atoms with van der Waals surface area (Å²) in [4.78, 5) is 40.9. The van der Waals surface area contributed by atoms with E-state index >= 15 is 0 Å². The molecule has 164 valence electrons. The predicted molar refractivity (Wildman–Crippen MR) is 107 cm³/mol. The molecule has 30 heavy (non-hydrogen) atoms. The van der Waals surface area contributed by atoms with Crippen molar-refractivity contribution in [2.24, 2.45) is 11.5 Å². The fraction of sp³-hybridized carbons (Fsp3) is 0.471. The van der Waals surface area contributed by atoms with E-state index in [1.165, 1.54) is 29.3 Å². The Morgan fingerprint density at radius 1 is 1.47 bits per heavy atom. The summed E-state index contributed by atoms with van der Waals surface area (Å²) in [6.07, 6.45) is 2.17. The maximum Gasteiger partial charge on any atom is 0.351 e. The van der Waals surface area contributed by atoms with Crippen molar-refractivity contribution in [1.82, 2.24) is 19.8 Å². The number of carbonyl (C=O) groups is 2. The Morgan fingerprint density at radius 2 is 2.17 bits per heavy atom. The molecule has 0 bridgehead atoms. The summed E-state index contributed by atoms with van der Waals surface area (Å²) in [6.45, 7) is 0.403. The minimum Gasteiger partial charge on any atom is -0.479 e. The van der Waals surface area contributed by atoms with Gasteiger partial charge in [0.25, 0.3) is 0 Å². The van der Waals surface area contributed by atoms with Gasteiger partial charge in [-0.15, -0.1) is 0 Å². The van der Waals surface area contributed by atoms with Gasteiger partial charge in [0.2, 0.25) is 5.91 Å². The maximum absolute atomic E-state index is 12.3. The predicted octanol–water partition coefficient (Wildman–Crippen LogP) is -2.22. The molecular formula is C17H26N8O5. The van der Waals surface area contributed by atoms with Crippen molar-refractivity contribution >= 4 is 23.7 Å². The largest absolute Gasteiger partial charge is 0.479 e. The van der Waals surface area contributed by atoms with Gasteiger partial charge in [0.05, 0.1) is 6.04 Å². The summed E-state index contributed by atoms with van der Waals surface area (Å²) in [5.41, 5.74) is 16.0. The van der Waals surface area contributed by atoms with Gasteiger partial charge < -0.3 is 37.3 Å². The van der Waals surface area contributed by atoms with Gasteiger partial charge in [0.15, 0.2) is 18.3 Å². The topological polar surface area (TPSA) is 216 Å². The number of hydrogen-bond acceptors (Lipinski definition) is 8. The lowest BCUT2D eigenvalue weighted by Crippen LogP contribution is -2.51. The molecule has 0 saturated heterocycles. The minimum atomic E-state index is -1.42. The van der Waals surface area contributed by atoms with Crippen LogP contribution in [-0.2, 0) is 14.3 Å². The molecule has 1 unspecified atom stereocenters. The molecule has 0 aromatic carbocycles. The molecule has 1 amide bonds. The van der Waals surface area contributed by atoms with Crippen LogP contribution in [0.5, 0.6) is 0 Å². The number of nitrogens with one attached hydrogen (secondary N) is 2. The third-order valence-electron chi connectivity index (χ3n) is 4.49. The van der Waals surface area contributed by atoms with Crippen molar-refractivity contribution in [3.8, 4) is 0 Å². The molecule has 13 nitrogen and oxygen atoms in total. The van der Waals surface area contributed by atoms with E-state index in [4.69, 9.17) is 27.3 Å². The summed E-state index contributed by atoms with van der Waals surface area (Å²) >= 11 is 0.